The third-order valence-corrected chi connectivity index (χ3v) is 6.12. The van der Waals surface area contributed by atoms with E-state index in [1.54, 1.807) is 0 Å². The second-order valence-electron chi connectivity index (χ2n) is 7.89. The van der Waals surface area contributed by atoms with Crippen molar-refractivity contribution in [1.82, 2.24) is 4.90 Å². The molecule has 2 aliphatic heterocycles. The van der Waals surface area contributed by atoms with Crippen LogP contribution in [0.4, 0.5) is 0 Å². The molecular weight excluding hydrogens is 306 g/mol. The number of hydrogen-bond acceptors (Lipinski definition) is 2. The first-order valence-electron chi connectivity index (χ1n) is 9.53. The average Bonchev–Trinajstić information content (AvgIpc) is 2.85. The lowest BCUT2D eigenvalue weighted by atomic mass is 9.83. The van der Waals surface area contributed by atoms with Crippen molar-refractivity contribution in [3.05, 3.63) is 70.8 Å². The summed E-state index contributed by atoms with van der Waals surface area (Å²) in [5, 5.41) is 0. The summed E-state index contributed by atoms with van der Waals surface area (Å²) in [6.45, 7) is 5.16. The van der Waals surface area contributed by atoms with E-state index in [9.17, 15) is 4.79 Å². The maximum Gasteiger partial charge on any atom is 0.166 e. The van der Waals surface area contributed by atoms with Gasteiger partial charge >= 0.3 is 0 Å². The fourth-order valence-electron chi connectivity index (χ4n) is 4.76. The van der Waals surface area contributed by atoms with E-state index < -0.39 is 0 Å². The third kappa shape index (κ3) is 3.28. The van der Waals surface area contributed by atoms with E-state index in [0.29, 0.717) is 17.9 Å². The number of hydrogen-bond donors (Lipinski definition) is 0. The minimum atomic E-state index is 0.199. The van der Waals surface area contributed by atoms with Crippen molar-refractivity contribution in [2.75, 3.05) is 0 Å². The highest BCUT2D eigenvalue weighted by Gasteiger charge is 2.42. The largest absolute Gasteiger partial charge is 0.294 e. The molecule has 2 saturated heterocycles. The molecule has 0 aliphatic carbocycles. The molecule has 2 fully saturated rings. The van der Waals surface area contributed by atoms with E-state index >= 15 is 0 Å². The predicted molar refractivity (Wildman–Crippen MR) is 102 cm³/mol. The first-order valence-corrected chi connectivity index (χ1v) is 9.53. The molecule has 2 atom stereocenters. The fourth-order valence-corrected chi connectivity index (χ4v) is 4.76. The number of benzene rings is 2. The Bertz CT molecular complexity index is 753. The molecule has 25 heavy (non-hydrogen) atoms. The maximum atomic E-state index is 13.1. The molecule has 2 heteroatoms. The van der Waals surface area contributed by atoms with Crippen LogP contribution < -0.4 is 0 Å². The summed E-state index contributed by atoms with van der Waals surface area (Å²) in [6.07, 6.45) is 4.53. The molecule has 2 aliphatic rings. The standard InChI is InChI=1S/C23H27NO/c1-16-8-9-17(2)22(12-16)23(25)19-13-20-10-11-21(14-19)24(20)15-18-6-4-3-5-7-18/h3-9,12,19-21H,10-11,13-15H2,1-2H3. The van der Waals surface area contributed by atoms with Crippen LogP contribution in [0.3, 0.4) is 0 Å². The first kappa shape index (κ1) is 16.5. The molecular formula is C23H27NO. The zero-order valence-electron chi connectivity index (χ0n) is 15.2. The summed E-state index contributed by atoms with van der Waals surface area (Å²) in [5.74, 6) is 0.572. The number of Topliss-reactive ketones (excluding diaryl/α,β-unsaturated/α-hetero) is 1. The summed E-state index contributed by atoms with van der Waals surface area (Å²) in [4.78, 5) is 15.8. The van der Waals surface area contributed by atoms with Crippen molar-refractivity contribution in [3.8, 4) is 0 Å². The molecule has 2 unspecified atom stereocenters. The van der Waals surface area contributed by atoms with Gasteiger partial charge in [-0.15, -0.1) is 0 Å². The lowest BCUT2D eigenvalue weighted by molar-refractivity contribution is 0.0677. The molecule has 4 rings (SSSR count). The number of fused-ring (bicyclic) bond motifs is 2. The second-order valence-corrected chi connectivity index (χ2v) is 7.89. The summed E-state index contributed by atoms with van der Waals surface area (Å²) < 4.78 is 0. The number of rotatable bonds is 4. The number of carbonyl (C=O) groups excluding carboxylic acids is 1. The van der Waals surface area contributed by atoms with Crippen LogP contribution in [0, 0.1) is 19.8 Å². The van der Waals surface area contributed by atoms with Crippen molar-refractivity contribution in [3.63, 3.8) is 0 Å². The average molecular weight is 333 g/mol. The third-order valence-electron chi connectivity index (χ3n) is 6.12. The molecule has 2 nitrogen and oxygen atoms in total. The SMILES string of the molecule is Cc1ccc(C)c(C(=O)C2CC3CCC(C2)N3Cc2ccccc2)c1. The summed E-state index contributed by atoms with van der Waals surface area (Å²) in [6, 6.07) is 18.1. The van der Waals surface area contributed by atoms with Crippen LogP contribution >= 0.6 is 0 Å². The van der Waals surface area contributed by atoms with Gasteiger partial charge in [0, 0.05) is 30.1 Å². The molecule has 0 radical (unpaired) electrons. The molecule has 0 saturated carbocycles. The highest BCUT2D eigenvalue weighted by molar-refractivity contribution is 5.99. The molecule has 0 spiro atoms. The van der Waals surface area contributed by atoms with Crippen LogP contribution in [0.5, 0.6) is 0 Å². The van der Waals surface area contributed by atoms with Gasteiger partial charge in [-0.05, 0) is 56.7 Å². The van der Waals surface area contributed by atoms with Crippen LogP contribution in [0.2, 0.25) is 0 Å². The molecule has 130 valence electrons. The Balaban J connectivity index is 1.49. The van der Waals surface area contributed by atoms with Gasteiger partial charge in [0.2, 0.25) is 0 Å². The van der Waals surface area contributed by atoms with Gasteiger partial charge in [0.1, 0.15) is 0 Å². The van der Waals surface area contributed by atoms with E-state index in [4.69, 9.17) is 0 Å². The lowest BCUT2D eigenvalue weighted by Gasteiger charge is -2.38. The highest BCUT2D eigenvalue weighted by atomic mass is 16.1. The van der Waals surface area contributed by atoms with Gasteiger partial charge in [-0.1, -0.05) is 48.0 Å². The molecule has 2 bridgehead atoms. The number of carbonyl (C=O) groups is 1. The van der Waals surface area contributed by atoms with Crippen LogP contribution in [0.1, 0.15) is 52.7 Å². The van der Waals surface area contributed by atoms with Crippen molar-refractivity contribution in [2.24, 2.45) is 5.92 Å². The maximum absolute atomic E-state index is 13.1. The van der Waals surface area contributed by atoms with Crippen molar-refractivity contribution < 1.29 is 4.79 Å². The summed E-state index contributed by atoms with van der Waals surface area (Å²) in [5.41, 5.74) is 4.63. The number of piperidine rings is 1. The molecule has 0 N–H and O–H groups in total. The molecule has 0 aromatic heterocycles. The van der Waals surface area contributed by atoms with Gasteiger partial charge in [0.25, 0.3) is 0 Å². The molecule has 2 aromatic carbocycles. The van der Waals surface area contributed by atoms with Gasteiger partial charge in [0.15, 0.2) is 5.78 Å². The van der Waals surface area contributed by atoms with Gasteiger partial charge in [-0.3, -0.25) is 9.69 Å². The Morgan fingerprint density at radius 1 is 1.00 bits per heavy atom. The zero-order valence-corrected chi connectivity index (χ0v) is 15.2. The Morgan fingerprint density at radius 3 is 2.36 bits per heavy atom. The topological polar surface area (TPSA) is 20.3 Å². The summed E-state index contributed by atoms with van der Waals surface area (Å²) in [7, 11) is 0. The van der Waals surface area contributed by atoms with Gasteiger partial charge in [-0.2, -0.15) is 0 Å². The summed E-state index contributed by atoms with van der Waals surface area (Å²) >= 11 is 0. The first-order chi connectivity index (χ1) is 12.1. The van der Waals surface area contributed by atoms with E-state index in [2.05, 4.69) is 67.3 Å². The minimum absolute atomic E-state index is 0.199. The van der Waals surface area contributed by atoms with E-state index in [-0.39, 0.29) is 5.92 Å². The highest BCUT2D eigenvalue weighted by Crippen LogP contribution is 2.41. The van der Waals surface area contributed by atoms with Gasteiger partial charge in [-0.25, -0.2) is 0 Å². The molecule has 2 aromatic rings. The van der Waals surface area contributed by atoms with Crippen molar-refractivity contribution in [2.45, 2.75) is 58.2 Å². The van der Waals surface area contributed by atoms with Crippen molar-refractivity contribution >= 4 is 5.78 Å². The van der Waals surface area contributed by atoms with E-state index in [1.807, 2.05) is 0 Å². The number of aryl methyl sites for hydroxylation is 2. The quantitative estimate of drug-likeness (QED) is 0.740. The van der Waals surface area contributed by atoms with E-state index in [0.717, 1.165) is 30.5 Å². The molecule has 0 amide bonds. The molecule has 2 heterocycles. The van der Waals surface area contributed by atoms with E-state index in [1.165, 1.54) is 24.0 Å². The monoisotopic (exact) mass is 333 g/mol. The smallest absolute Gasteiger partial charge is 0.166 e. The minimum Gasteiger partial charge on any atom is -0.294 e. The fraction of sp³-hybridized carbons (Fsp3) is 0.435. The zero-order chi connectivity index (χ0) is 17.4. The lowest BCUT2D eigenvalue weighted by Crippen LogP contribution is -2.44. The van der Waals surface area contributed by atoms with Crippen LogP contribution in [0.25, 0.3) is 0 Å². The number of ketones is 1. The Hall–Kier alpha value is -1.93. The number of nitrogens with zero attached hydrogens (tertiary/aromatic N) is 1. The Morgan fingerprint density at radius 2 is 1.68 bits per heavy atom. The van der Waals surface area contributed by atoms with Gasteiger partial charge < -0.3 is 0 Å². The normalized spacial score (nSPS) is 25.9. The van der Waals surface area contributed by atoms with Crippen molar-refractivity contribution in [1.29, 1.82) is 0 Å². The van der Waals surface area contributed by atoms with Gasteiger partial charge in [0.05, 0.1) is 0 Å². The van der Waals surface area contributed by atoms with Crippen LogP contribution in [-0.2, 0) is 6.54 Å². The Labute approximate surface area is 150 Å². The Kier molecular flexibility index (Phi) is 4.47. The predicted octanol–water partition coefficient (Wildman–Crippen LogP) is 4.93. The van der Waals surface area contributed by atoms with Crippen LogP contribution in [-0.4, -0.2) is 22.8 Å². The van der Waals surface area contributed by atoms with Crippen LogP contribution in [0.15, 0.2) is 48.5 Å². The second kappa shape index (κ2) is 6.76.